The zero-order valence-electron chi connectivity index (χ0n) is 11.5. The number of rotatable bonds is 4. The number of hydrogen-bond donors (Lipinski definition) is 1. The van der Waals surface area contributed by atoms with Gasteiger partial charge < -0.3 is 10.0 Å². The first-order valence-electron chi connectivity index (χ1n) is 7.42. The topological polar surface area (TPSA) is 40.5 Å². The van der Waals surface area contributed by atoms with Crippen molar-refractivity contribution in [1.29, 1.82) is 0 Å². The highest BCUT2D eigenvalue weighted by molar-refractivity contribution is 5.70. The van der Waals surface area contributed by atoms with Crippen molar-refractivity contribution in [2.24, 2.45) is 35.5 Å². The summed E-state index contributed by atoms with van der Waals surface area (Å²) in [4.78, 5) is 13.7. The zero-order chi connectivity index (χ0) is 12.9. The summed E-state index contributed by atoms with van der Waals surface area (Å²) in [6, 6.07) is 0. The molecule has 1 atom stereocenters. The van der Waals surface area contributed by atoms with E-state index >= 15 is 0 Å². The van der Waals surface area contributed by atoms with E-state index in [1.807, 2.05) is 19.0 Å². The van der Waals surface area contributed by atoms with E-state index < -0.39 is 5.97 Å². The minimum atomic E-state index is -0.568. The summed E-state index contributed by atoms with van der Waals surface area (Å²) in [5.41, 5.74) is 0. The second kappa shape index (κ2) is 4.52. The summed E-state index contributed by atoms with van der Waals surface area (Å²) in [7, 11) is 3.98. The fourth-order valence-corrected chi connectivity index (χ4v) is 5.38. The van der Waals surface area contributed by atoms with Crippen LogP contribution in [0.1, 0.15) is 32.1 Å². The van der Waals surface area contributed by atoms with Crippen molar-refractivity contribution in [3.8, 4) is 0 Å². The SMILES string of the molecule is CN(C)CC(C(=O)O)C1C2CC3CC(C2)CC1C3. The molecule has 0 spiro atoms. The molecule has 102 valence electrons. The molecule has 4 bridgehead atoms. The molecule has 0 saturated heterocycles. The molecule has 0 heterocycles. The molecule has 18 heavy (non-hydrogen) atoms. The molecule has 0 aliphatic heterocycles. The zero-order valence-corrected chi connectivity index (χ0v) is 11.5. The van der Waals surface area contributed by atoms with Crippen molar-refractivity contribution in [3.05, 3.63) is 0 Å². The Labute approximate surface area is 110 Å². The monoisotopic (exact) mass is 251 g/mol. The van der Waals surface area contributed by atoms with E-state index in [9.17, 15) is 9.90 Å². The molecule has 0 aromatic rings. The summed E-state index contributed by atoms with van der Waals surface area (Å²) in [6.07, 6.45) is 6.69. The van der Waals surface area contributed by atoms with Crippen LogP contribution in [0.2, 0.25) is 0 Å². The van der Waals surface area contributed by atoms with Gasteiger partial charge in [-0.2, -0.15) is 0 Å². The lowest BCUT2D eigenvalue weighted by atomic mass is 9.49. The summed E-state index contributed by atoms with van der Waals surface area (Å²) in [5.74, 6) is 3.02. The highest BCUT2D eigenvalue weighted by Crippen LogP contribution is 2.58. The fraction of sp³-hybridized carbons (Fsp3) is 0.933. The number of carboxylic acids is 1. The van der Waals surface area contributed by atoms with E-state index in [1.54, 1.807) is 0 Å². The minimum absolute atomic E-state index is 0.144. The van der Waals surface area contributed by atoms with E-state index in [4.69, 9.17) is 0 Å². The Balaban J connectivity index is 1.79. The summed E-state index contributed by atoms with van der Waals surface area (Å²) in [6.45, 7) is 0.711. The average Bonchev–Trinajstić information content (AvgIpc) is 2.25. The maximum absolute atomic E-state index is 11.6. The van der Waals surface area contributed by atoms with Crippen LogP contribution >= 0.6 is 0 Å². The molecule has 4 saturated carbocycles. The van der Waals surface area contributed by atoms with Gasteiger partial charge in [-0.1, -0.05) is 0 Å². The van der Waals surface area contributed by atoms with Gasteiger partial charge in [-0.15, -0.1) is 0 Å². The second-order valence-electron chi connectivity index (χ2n) is 7.22. The fourth-order valence-electron chi connectivity index (χ4n) is 5.38. The number of carboxylic acid groups (broad SMARTS) is 1. The number of carbonyl (C=O) groups is 1. The van der Waals surface area contributed by atoms with Crippen LogP contribution in [-0.2, 0) is 4.79 Å². The quantitative estimate of drug-likeness (QED) is 0.833. The van der Waals surface area contributed by atoms with Crippen molar-refractivity contribution >= 4 is 5.97 Å². The lowest BCUT2D eigenvalue weighted by Gasteiger charge is -2.56. The molecule has 0 aromatic heterocycles. The van der Waals surface area contributed by atoms with Crippen LogP contribution in [0, 0.1) is 35.5 Å². The maximum Gasteiger partial charge on any atom is 0.308 e. The first-order valence-corrected chi connectivity index (χ1v) is 7.42. The Bertz CT molecular complexity index is 311. The molecule has 1 N–H and O–H groups in total. The molecule has 3 heteroatoms. The Morgan fingerprint density at radius 1 is 1.11 bits per heavy atom. The van der Waals surface area contributed by atoms with E-state index in [0.717, 1.165) is 11.8 Å². The molecule has 4 aliphatic carbocycles. The Morgan fingerprint density at radius 2 is 1.61 bits per heavy atom. The van der Waals surface area contributed by atoms with Gasteiger partial charge in [-0.25, -0.2) is 0 Å². The van der Waals surface area contributed by atoms with Gasteiger partial charge in [-0.05, 0) is 75.8 Å². The predicted octanol–water partition coefficient (Wildman–Crippen LogP) is 2.32. The van der Waals surface area contributed by atoms with Gasteiger partial charge in [0.2, 0.25) is 0 Å². The predicted molar refractivity (Wildman–Crippen MR) is 70.2 cm³/mol. The van der Waals surface area contributed by atoms with Crippen LogP contribution in [0.25, 0.3) is 0 Å². The standard InChI is InChI=1S/C15H25NO2/c1-16(2)8-13(15(17)18)14-11-4-9-3-10(6-11)7-12(14)5-9/h9-14H,3-8H2,1-2H3,(H,17,18). The summed E-state index contributed by atoms with van der Waals surface area (Å²) in [5, 5.41) is 9.58. The molecule has 4 aliphatic rings. The van der Waals surface area contributed by atoms with Crippen LogP contribution in [0.3, 0.4) is 0 Å². The van der Waals surface area contributed by atoms with Crippen molar-refractivity contribution in [2.45, 2.75) is 32.1 Å². The lowest BCUT2D eigenvalue weighted by Crippen LogP contribution is -2.51. The van der Waals surface area contributed by atoms with Gasteiger partial charge in [-0.3, -0.25) is 4.79 Å². The van der Waals surface area contributed by atoms with Crippen LogP contribution in [0.4, 0.5) is 0 Å². The van der Waals surface area contributed by atoms with Crippen molar-refractivity contribution < 1.29 is 9.90 Å². The second-order valence-corrected chi connectivity index (χ2v) is 7.22. The van der Waals surface area contributed by atoms with E-state index in [1.165, 1.54) is 32.1 Å². The van der Waals surface area contributed by atoms with Gasteiger partial charge in [0.15, 0.2) is 0 Å². The van der Waals surface area contributed by atoms with Crippen LogP contribution < -0.4 is 0 Å². The van der Waals surface area contributed by atoms with E-state index in [0.29, 0.717) is 24.3 Å². The number of nitrogens with zero attached hydrogens (tertiary/aromatic N) is 1. The molecular weight excluding hydrogens is 226 g/mol. The van der Waals surface area contributed by atoms with Gasteiger partial charge in [0, 0.05) is 6.54 Å². The molecule has 4 rings (SSSR count). The first kappa shape index (κ1) is 12.5. The van der Waals surface area contributed by atoms with Gasteiger partial charge >= 0.3 is 5.97 Å². The van der Waals surface area contributed by atoms with Crippen LogP contribution in [0.5, 0.6) is 0 Å². The highest BCUT2D eigenvalue weighted by atomic mass is 16.4. The highest BCUT2D eigenvalue weighted by Gasteiger charge is 2.51. The minimum Gasteiger partial charge on any atom is -0.481 e. The molecule has 4 fully saturated rings. The molecule has 0 radical (unpaired) electrons. The van der Waals surface area contributed by atoms with E-state index in [2.05, 4.69) is 0 Å². The first-order chi connectivity index (χ1) is 8.54. The Hall–Kier alpha value is -0.570. The normalized spacial score (nSPS) is 43.4. The van der Waals surface area contributed by atoms with Crippen molar-refractivity contribution in [2.75, 3.05) is 20.6 Å². The van der Waals surface area contributed by atoms with Crippen molar-refractivity contribution in [1.82, 2.24) is 4.90 Å². The Kier molecular flexibility index (Phi) is 3.13. The van der Waals surface area contributed by atoms with Crippen LogP contribution in [-0.4, -0.2) is 36.6 Å². The van der Waals surface area contributed by atoms with Gasteiger partial charge in [0.1, 0.15) is 0 Å². The van der Waals surface area contributed by atoms with Gasteiger partial charge in [0.05, 0.1) is 5.92 Å². The van der Waals surface area contributed by atoms with Crippen molar-refractivity contribution in [3.63, 3.8) is 0 Å². The summed E-state index contributed by atoms with van der Waals surface area (Å²) < 4.78 is 0. The molecule has 0 amide bonds. The van der Waals surface area contributed by atoms with Crippen LogP contribution in [0.15, 0.2) is 0 Å². The molecular formula is C15H25NO2. The smallest absolute Gasteiger partial charge is 0.308 e. The third-order valence-electron chi connectivity index (χ3n) is 5.64. The third-order valence-corrected chi connectivity index (χ3v) is 5.64. The Morgan fingerprint density at radius 3 is 2.00 bits per heavy atom. The number of aliphatic carboxylic acids is 1. The molecule has 1 unspecified atom stereocenters. The third kappa shape index (κ3) is 2.07. The average molecular weight is 251 g/mol. The summed E-state index contributed by atoms with van der Waals surface area (Å²) >= 11 is 0. The van der Waals surface area contributed by atoms with E-state index in [-0.39, 0.29) is 5.92 Å². The van der Waals surface area contributed by atoms with Gasteiger partial charge in [0.25, 0.3) is 0 Å². The largest absolute Gasteiger partial charge is 0.481 e. The molecule has 3 nitrogen and oxygen atoms in total. The maximum atomic E-state index is 11.6. The lowest BCUT2D eigenvalue weighted by molar-refractivity contribution is -0.152. The molecule has 0 aromatic carbocycles. The number of hydrogen-bond acceptors (Lipinski definition) is 2.